The van der Waals surface area contributed by atoms with Crippen molar-refractivity contribution < 1.29 is 0 Å². The van der Waals surface area contributed by atoms with E-state index in [0.717, 1.165) is 43.0 Å². The maximum Gasteiger partial charge on any atom is 0.280 e. The van der Waals surface area contributed by atoms with E-state index in [0.29, 0.717) is 5.39 Å². The first-order valence-corrected chi connectivity index (χ1v) is 8.57. The first-order valence-electron chi connectivity index (χ1n) is 8.24. The van der Waals surface area contributed by atoms with Crippen LogP contribution in [0.4, 0.5) is 0 Å². The molecule has 0 N–H and O–H groups in total. The quantitative estimate of drug-likeness (QED) is 0.591. The lowest BCUT2D eigenvalue weighted by Gasteiger charge is -2.36. The molecule has 1 saturated heterocycles. The van der Waals surface area contributed by atoms with Gasteiger partial charge in [-0.05, 0) is 48.4 Å². The fourth-order valence-corrected chi connectivity index (χ4v) is 4.45. The van der Waals surface area contributed by atoms with Crippen molar-refractivity contribution in [3.05, 3.63) is 70.3 Å². The third-order valence-electron chi connectivity index (χ3n) is 5.45. The number of para-hydroxylation sites is 2. The summed E-state index contributed by atoms with van der Waals surface area (Å²) in [5.74, 6) is 0.872. The van der Waals surface area contributed by atoms with Crippen LogP contribution >= 0.6 is 11.8 Å². The van der Waals surface area contributed by atoms with Crippen LogP contribution in [0.2, 0.25) is 0 Å². The molecule has 1 fully saturated rings. The molecule has 2 aliphatic rings. The highest BCUT2D eigenvalue weighted by Crippen LogP contribution is 2.49. The Morgan fingerprint density at radius 1 is 1.00 bits per heavy atom. The van der Waals surface area contributed by atoms with E-state index in [1.54, 1.807) is 0 Å². The van der Waals surface area contributed by atoms with Gasteiger partial charge in [-0.2, -0.15) is 4.98 Å². The highest BCUT2D eigenvalue weighted by Gasteiger charge is 2.47. The van der Waals surface area contributed by atoms with Gasteiger partial charge in [0.2, 0.25) is 0 Å². The summed E-state index contributed by atoms with van der Waals surface area (Å²) < 4.78 is 4.01. The molecule has 4 nitrogen and oxygen atoms in total. The minimum absolute atomic E-state index is 0.141. The van der Waals surface area contributed by atoms with Gasteiger partial charge in [-0.3, -0.25) is 9.36 Å². The molecule has 120 valence electrons. The van der Waals surface area contributed by atoms with Crippen molar-refractivity contribution in [2.45, 2.75) is 18.3 Å². The fourth-order valence-electron chi connectivity index (χ4n) is 4.28. The minimum atomic E-state index is -0.217. The van der Waals surface area contributed by atoms with Crippen LogP contribution in [-0.4, -0.2) is 27.1 Å². The summed E-state index contributed by atoms with van der Waals surface area (Å²) in [4.78, 5) is 17.2. The molecule has 0 radical (unpaired) electrons. The Hall–Kier alpha value is -2.17. The number of benzene rings is 2. The van der Waals surface area contributed by atoms with Gasteiger partial charge in [0, 0.05) is 13.1 Å². The molecule has 2 aromatic carbocycles. The van der Waals surface area contributed by atoms with E-state index in [2.05, 4.69) is 27.8 Å². The van der Waals surface area contributed by atoms with E-state index in [1.165, 1.54) is 5.56 Å². The molecule has 5 heteroatoms. The molecule has 24 heavy (non-hydrogen) atoms. The molecule has 0 atom stereocenters. The number of nitrogens with zero attached hydrogens (tertiary/aromatic N) is 3. The summed E-state index contributed by atoms with van der Waals surface area (Å²) in [6, 6.07) is 16.1. The van der Waals surface area contributed by atoms with Crippen molar-refractivity contribution in [3.8, 4) is 5.69 Å². The zero-order valence-corrected chi connectivity index (χ0v) is 13.8. The minimum Gasteiger partial charge on any atom is -0.297 e. The number of aromatic nitrogens is 2. The number of hydrogen-bond acceptors (Lipinski definition) is 3. The van der Waals surface area contributed by atoms with E-state index in [1.807, 2.05) is 34.8 Å². The predicted octanol–water partition coefficient (Wildman–Crippen LogP) is 3.23. The van der Waals surface area contributed by atoms with E-state index >= 15 is 0 Å². The van der Waals surface area contributed by atoms with Crippen molar-refractivity contribution in [3.63, 3.8) is 0 Å². The second-order valence-corrected chi connectivity index (χ2v) is 7.08. The lowest BCUT2D eigenvalue weighted by atomic mass is 9.73. The number of fused-ring (bicyclic) bond motifs is 7. The Morgan fingerprint density at radius 3 is 2.54 bits per heavy atom. The number of halogens is 1. The van der Waals surface area contributed by atoms with Crippen LogP contribution in [0.25, 0.3) is 16.6 Å². The van der Waals surface area contributed by atoms with Crippen LogP contribution in [0, 0.1) is 0 Å². The molecular weight excluding hydrogens is 322 g/mol. The fraction of sp³-hybridized carbons (Fsp3) is 0.263. The van der Waals surface area contributed by atoms with Gasteiger partial charge in [0.25, 0.3) is 5.56 Å². The number of rotatable bonds is 0. The lowest BCUT2D eigenvalue weighted by molar-refractivity contribution is 0.270. The van der Waals surface area contributed by atoms with Crippen LogP contribution in [0.3, 0.4) is 0 Å². The van der Waals surface area contributed by atoms with Crippen LogP contribution in [0.15, 0.2) is 53.3 Å². The monoisotopic (exact) mass is 337 g/mol. The molecule has 5 rings (SSSR count). The van der Waals surface area contributed by atoms with Gasteiger partial charge in [0.05, 0.1) is 22.0 Å². The molecule has 0 unspecified atom stereocenters. The van der Waals surface area contributed by atoms with Gasteiger partial charge in [-0.1, -0.05) is 30.3 Å². The van der Waals surface area contributed by atoms with Gasteiger partial charge in [-0.25, -0.2) is 4.42 Å². The van der Waals surface area contributed by atoms with Crippen molar-refractivity contribution in [1.29, 1.82) is 0 Å². The summed E-state index contributed by atoms with van der Waals surface area (Å²) in [6.45, 7) is 1.58. The van der Waals surface area contributed by atoms with Gasteiger partial charge in [-0.15, -0.1) is 0 Å². The average Bonchev–Trinajstić information content (AvgIpc) is 2.88. The Kier molecular flexibility index (Phi) is 2.91. The highest BCUT2D eigenvalue weighted by molar-refractivity contribution is 6.13. The van der Waals surface area contributed by atoms with E-state index in [9.17, 15) is 4.79 Å². The SMILES string of the molecule is O=c1nc2n(c3ccccc13)-c1ccccc1C21CCN(Cl)CC1. The van der Waals surface area contributed by atoms with Crippen molar-refractivity contribution >= 4 is 22.7 Å². The van der Waals surface area contributed by atoms with Gasteiger partial charge in [0.1, 0.15) is 5.82 Å². The highest BCUT2D eigenvalue weighted by atomic mass is 35.5. The lowest BCUT2D eigenvalue weighted by Crippen LogP contribution is -2.40. The molecule has 1 spiro atoms. The second kappa shape index (κ2) is 4.91. The third kappa shape index (κ3) is 1.73. The average molecular weight is 338 g/mol. The predicted molar refractivity (Wildman–Crippen MR) is 94.8 cm³/mol. The van der Waals surface area contributed by atoms with Gasteiger partial charge < -0.3 is 0 Å². The molecular formula is C19H16ClN3O. The smallest absolute Gasteiger partial charge is 0.280 e. The Bertz CT molecular complexity index is 1020. The summed E-state index contributed by atoms with van der Waals surface area (Å²) in [5, 5.41) is 0.669. The Labute approximate surface area is 144 Å². The summed E-state index contributed by atoms with van der Waals surface area (Å²) in [6.07, 6.45) is 1.75. The molecule has 3 heterocycles. The maximum absolute atomic E-state index is 12.6. The maximum atomic E-state index is 12.6. The zero-order valence-electron chi connectivity index (χ0n) is 13.1. The largest absolute Gasteiger partial charge is 0.297 e. The van der Waals surface area contributed by atoms with Gasteiger partial charge >= 0.3 is 0 Å². The molecule has 0 aliphatic carbocycles. The van der Waals surface area contributed by atoms with Crippen LogP contribution in [0.1, 0.15) is 24.2 Å². The van der Waals surface area contributed by atoms with Crippen LogP contribution in [-0.2, 0) is 5.41 Å². The van der Waals surface area contributed by atoms with Crippen molar-refractivity contribution in [1.82, 2.24) is 14.0 Å². The first kappa shape index (κ1) is 14.2. The number of hydrogen-bond donors (Lipinski definition) is 0. The normalized spacial score (nSPS) is 18.7. The number of piperidine rings is 1. The van der Waals surface area contributed by atoms with Crippen molar-refractivity contribution in [2.24, 2.45) is 0 Å². The molecule has 0 bridgehead atoms. The third-order valence-corrected chi connectivity index (χ3v) is 5.78. The summed E-state index contributed by atoms with van der Waals surface area (Å²) in [7, 11) is 0. The van der Waals surface area contributed by atoms with E-state index < -0.39 is 0 Å². The standard InChI is InChI=1S/C19H16ClN3O/c20-22-11-9-19(10-12-22)14-6-2-4-8-16(14)23-15-7-3-1-5-13(15)17(24)21-18(19)23/h1-8H,9-12H2. The summed E-state index contributed by atoms with van der Waals surface area (Å²) >= 11 is 6.20. The molecule has 0 saturated carbocycles. The van der Waals surface area contributed by atoms with Gasteiger partial charge in [0.15, 0.2) is 0 Å². The van der Waals surface area contributed by atoms with Crippen LogP contribution < -0.4 is 5.56 Å². The molecule has 1 aromatic heterocycles. The second-order valence-electron chi connectivity index (χ2n) is 6.60. The van der Waals surface area contributed by atoms with Crippen LogP contribution in [0.5, 0.6) is 0 Å². The first-order chi connectivity index (χ1) is 11.7. The molecule has 0 amide bonds. The zero-order chi connectivity index (χ0) is 16.3. The molecule has 2 aliphatic heterocycles. The topological polar surface area (TPSA) is 38.1 Å². The van der Waals surface area contributed by atoms with E-state index in [4.69, 9.17) is 11.8 Å². The Balaban J connectivity index is 1.91. The molecule has 3 aromatic rings. The van der Waals surface area contributed by atoms with Crippen molar-refractivity contribution in [2.75, 3.05) is 13.1 Å². The van der Waals surface area contributed by atoms with E-state index in [-0.39, 0.29) is 11.0 Å². The summed E-state index contributed by atoms with van der Waals surface area (Å²) in [5.41, 5.74) is 2.98. The Morgan fingerprint density at radius 2 is 1.71 bits per heavy atom.